The van der Waals surface area contributed by atoms with Crippen molar-refractivity contribution < 1.29 is 9.15 Å². The van der Waals surface area contributed by atoms with E-state index in [1.807, 2.05) is 42.5 Å². The molecule has 0 bridgehead atoms. The molecule has 0 aliphatic carbocycles. The summed E-state index contributed by atoms with van der Waals surface area (Å²) in [7, 11) is 1.65. The van der Waals surface area contributed by atoms with Crippen molar-refractivity contribution in [3.63, 3.8) is 0 Å². The fraction of sp³-hybridized carbons (Fsp3) is 0.227. The first-order valence-corrected chi connectivity index (χ1v) is 10.8. The molecule has 0 aliphatic heterocycles. The third-order valence-electron chi connectivity index (χ3n) is 4.54. The van der Waals surface area contributed by atoms with Crippen LogP contribution in [0.3, 0.4) is 0 Å². The average Bonchev–Trinajstić information content (AvgIpc) is 3.23. The second-order valence-electron chi connectivity index (χ2n) is 6.63. The van der Waals surface area contributed by atoms with E-state index in [2.05, 4.69) is 4.98 Å². The zero-order valence-corrected chi connectivity index (χ0v) is 17.9. The summed E-state index contributed by atoms with van der Waals surface area (Å²) in [5.41, 5.74) is 1.50. The summed E-state index contributed by atoms with van der Waals surface area (Å²) in [5, 5.41) is 1.89. The van der Waals surface area contributed by atoms with Crippen molar-refractivity contribution in [1.29, 1.82) is 0 Å². The standard InChI is InChI=1S/C22H20ClN3O3S/c1-28-11-5-10-26-21(27)17-8-2-3-9-18(17)25-22(26)30-14-20-24-13-19(29-20)15-6-4-7-16(23)12-15/h2-4,6-9,12-13H,5,10-11,14H2,1H3. The highest BCUT2D eigenvalue weighted by Gasteiger charge is 2.14. The molecule has 0 aliphatic rings. The Hall–Kier alpha value is -2.61. The van der Waals surface area contributed by atoms with E-state index in [4.69, 9.17) is 25.7 Å². The number of benzene rings is 2. The van der Waals surface area contributed by atoms with Crippen LogP contribution in [0.1, 0.15) is 12.3 Å². The zero-order valence-electron chi connectivity index (χ0n) is 16.4. The molecule has 0 N–H and O–H groups in total. The number of aromatic nitrogens is 3. The highest BCUT2D eigenvalue weighted by molar-refractivity contribution is 7.98. The van der Waals surface area contributed by atoms with Crippen LogP contribution in [0.5, 0.6) is 0 Å². The van der Waals surface area contributed by atoms with Gasteiger partial charge in [-0.3, -0.25) is 9.36 Å². The minimum atomic E-state index is -0.0498. The Morgan fingerprint density at radius 2 is 2.07 bits per heavy atom. The van der Waals surface area contributed by atoms with Gasteiger partial charge >= 0.3 is 0 Å². The minimum Gasteiger partial charge on any atom is -0.440 e. The van der Waals surface area contributed by atoms with Crippen LogP contribution in [0.25, 0.3) is 22.2 Å². The SMILES string of the molecule is COCCCn1c(SCc2ncc(-c3cccc(Cl)c3)o2)nc2ccccc2c1=O. The monoisotopic (exact) mass is 441 g/mol. The number of hydrogen-bond donors (Lipinski definition) is 0. The summed E-state index contributed by atoms with van der Waals surface area (Å²) < 4.78 is 12.7. The number of ether oxygens (including phenoxy) is 1. The molecule has 6 nitrogen and oxygen atoms in total. The number of halogens is 1. The van der Waals surface area contributed by atoms with Crippen LogP contribution < -0.4 is 5.56 Å². The van der Waals surface area contributed by atoms with Gasteiger partial charge in [-0.2, -0.15) is 0 Å². The van der Waals surface area contributed by atoms with Crippen molar-refractivity contribution in [2.75, 3.05) is 13.7 Å². The van der Waals surface area contributed by atoms with Gasteiger partial charge in [0.05, 0.1) is 22.9 Å². The first-order chi connectivity index (χ1) is 14.7. The molecule has 0 atom stereocenters. The normalized spacial score (nSPS) is 11.3. The Balaban J connectivity index is 1.59. The van der Waals surface area contributed by atoms with E-state index < -0.39 is 0 Å². The maximum absolute atomic E-state index is 13.0. The number of thioether (sulfide) groups is 1. The number of oxazole rings is 1. The van der Waals surface area contributed by atoms with Gasteiger partial charge in [-0.05, 0) is 30.7 Å². The molecule has 154 valence electrons. The molecule has 0 unspecified atom stereocenters. The molecule has 0 saturated heterocycles. The van der Waals surface area contributed by atoms with Gasteiger partial charge in [0.15, 0.2) is 10.9 Å². The van der Waals surface area contributed by atoms with Crippen LogP contribution in [0.4, 0.5) is 0 Å². The van der Waals surface area contributed by atoms with Gasteiger partial charge < -0.3 is 9.15 Å². The Bertz CT molecular complexity index is 1220. The molecule has 2 aromatic carbocycles. The first-order valence-electron chi connectivity index (χ1n) is 9.47. The molecule has 0 fully saturated rings. The fourth-order valence-corrected chi connectivity index (χ4v) is 4.17. The van der Waals surface area contributed by atoms with Crippen molar-refractivity contribution in [2.24, 2.45) is 0 Å². The number of nitrogens with zero attached hydrogens (tertiary/aromatic N) is 3. The maximum Gasteiger partial charge on any atom is 0.262 e. The number of methoxy groups -OCH3 is 1. The second-order valence-corrected chi connectivity index (χ2v) is 8.01. The van der Waals surface area contributed by atoms with E-state index >= 15 is 0 Å². The highest BCUT2D eigenvalue weighted by atomic mass is 35.5. The number of hydrogen-bond acceptors (Lipinski definition) is 6. The molecule has 4 rings (SSSR count). The van der Waals surface area contributed by atoms with Crippen LogP contribution >= 0.6 is 23.4 Å². The molecular formula is C22H20ClN3O3S. The van der Waals surface area contributed by atoms with E-state index in [0.29, 0.717) is 51.6 Å². The van der Waals surface area contributed by atoms with Gasteiger partial charge in [0.25, 0.3) is 5.56 Å². The minimum absolute atomic E-state index is 0.0498. The van der Waals surface area contributed by atoms with Crippen molar-refractivity contribution in [1.82, 2.24) is 14.5 Å². The Labute approximate surface area is 182 Å². The van der Waals surface area contributed by atoms with Crippen molar-refractivity contribution in [3.05, 3.63) is 76.0 Å². The summed E-state index contributed by atoms with van der Waals surface area (Å²) in [4.78, 5) is 22.1. The molecule has 2 aromatic heterocycles. The van der Waals surface area contributed by atoms with E-state index in [1.165, 1.54) is 11.8 Å². The smallest absolute Gasteiger partial charge is 0.262 e. The summed E-state index contributed by atoms with van der Waals surface area (Å²) >= 11 is 7.49. The molecule has 8 heteroatoms. The van der Waals surface area contributed by atoms with E-state index in [9.17, 15) is 4.79 Å². The Kier molecular flexibility index (Phi) is 6.52. The lowest BCUT2D eigenvalue weighted by molar-refractivity contribution is 0.189. The zero-order chi connectivity index (χ0) is 20.9. The quantitative estimate of drug-likeness (QED) is 0.217. The molecule has 0 radical (unpaired) electrons. The van der Waals surface area contributed by atoms with Crippen LogP contribution in [0.2, 0.25) is 5.02 Å². The van der Waals surface area contributed by atoms with E-state index in [0.717, 1.165) is 12.0 Å². The van der Waals surface area contributed by atoms with Crippen molar-refractivity contribution >= 4 is 34.3 Å². The molecule has 4 aromatic rings. The van der Waals surface area contributed by atoms with Crippen LogP contribution in [0, 0.1) is 0 Å². The van der Waals surface area contributed by atoms with Gasteiger partial charge in [-0.15, -0.1) is 0 Å². The second kappa shape index (κ2) is 9.47. The van der Waals surface area contributed by atoms with Crippen molar-refractivity contribution in [2.45, 2.75) is 23.9 Å². The average molecular weight is 442 g/mol. The topological polar surface area (TPSA) is 70.2 Å². The van der Waals surface area contributed by atoms with Gasteiger partial charge in [0.2, 0.25) is 5.89 Å². The fourth-order valence-electron chi connectivity index (χ4n) is 3.10. The van der Waals surface area contributed by atoms with Gasteiger partial charge in [0, 0.05) is 30.8 Å². The van der Waals surface area contributed by atoms with Gasteiger partial charge in [-0.1, -0.05) is 47.6 Å². The number of rotatable bonds is 8. The third-order valence-corrected chi connectivity index (χ3v) is 5.74. The van der Waals surface area contributed by atoms with Gasteiger partial charge in [0.1, 0.15) is 0 Å². The molecule has 0 amide bonds. The molecule has 30 heavy (non-hydrogen) atoms. The predicted molar refractivity (Wildman–Crippen MR) is 119 cm³/mol. The lowest BCUT2D eigenvalue weighted by Gasteiger charge is -2.12. The largest absolute Gasteiger partial charge is 0.440 e. The van der Waals surface area contributed by atoms with Gasteiger partial charge in [-0.25, -0.2) is 9.97 Å². The third kappa shape index (κ3) is 4.59. The lowest BCUT2D eigenvalue weighted by atomic mass is 10.2. The Morgan fingerprint density at radius 1 is 1.20 bits per heavy atom. The molecular weight excluding hydrogens is 422 g/mol. The van der Waals surface area contributed by atoms with Crippen molar-refractivity contribution in [3.8, 4) is 11.3 Å². The maximum atomic E-state index is 13.0. The summed E-state index contributed by atoms with van der Waals surface area (Å²) in [5.74, 6) is 1.66. The molecule has 2 heterocycles. The molecule has 0 saturated carbocycles. The number of para-hydroxylation sites is 1. The molecule has 0 spiro atoms. The predicted octanol–water partition coefficient (Wildman–Crippen LogP) is 5.03. The van der Waals surface area contributed by atoms with E-state index in [-0.39, 0.29) is 5.56 Å². The highest BCUT2D eigenvalue weighted by Crippen LogP contribution is 2.27. The summed E-state index contributed by atoms with van der Waals surface area (Å²) in [6, 6.07) is 14.8. The van der Waals surface area contributed by atoms with Crippen LogP contribution in [-0.2, 0) is 17.0 Å². The first kappa shape index (κ1) is 20.7. The van der Waals surface area contributed by atoms with Crippen LogP contribution in [-0.4, -0.2) is 28.3 Å². The summed E-state index contributed by atoms with van der Waals surface area (Å²) in [6.07, 6.45) is 2.41. The Morgan fingerprint density at radius 3 is 2.90 bits per heavy atom. The van der Waals surface area contributed by atoms with Crippen LogP contribution in [0.15, 0.2) is 69.1 Å². The van der Waals surface area contributed by atoms with E-state index in [1.54, 1.807) is 23.9 Å². The summed E-state index contributed by atoms with van der Waals surface area (Å²) in [6.45, 7) is 1.11. The number of fused-ring (bicyclic) bond motifs is 1. The lowest BCUT2D eigenvalue weighted by Crippen LogP contribution is -2.24.